The number of hydrogen-bond donors (Lipinski definition) is 1. The van der Waals surface area contributed by atoms with Gasteiger partial charge in [-0.25, -0.2) is 0 Å². The Morgan fingerprint density at radius 1 is 1.44 bits per heavy atom. The fraction of sp³-hybridized carbons (Fsp3) is 0.692. The minimum Gasteiger partial charge on any atom is -0.377 e. The predicted octanol–water partition coefficient (Wildman–Crippen LogP) is 2.07. The topological polar surface area (TPSA) is 26.2 Å². The quantitative estimate of drug-likeness (QED) is 0.746. The summed E-state index contributed by atoms with van der Waals surface area (Å²) in [6.45, 7) is 2.72. The number of aromatic nitrogens is 1. The number of ether oxygens (including phenoxy) is 1. The van der Waals surface area contributed by atoms with Gasteiger partial charge in [-0.05, 0) is 25.0 Å². The van der Waals surface area contributed by atoms with Crippen LogP contribution >= 0.6 is 0 Å². The Morgan fingerprint density at radius 3 is 2.94 bits per heavy atom. The number of aryl methyl sites for hydroxylation is 1. The van der Waals surface area contributed by atoms with Crippen molar-refractivity contribution < 1.29 is 4.74 Å². The van der Waals surface area contributed by atoms with E-state index in [2.05, 4.69) is 35.3 Å². The fourth-order valence-electron chi connectivity index (χ4n) is 2.25. The zero-order valence-electron chi connectivity index (χ0n) is 10.1. The van der Waals surface area contributed by atoms with Gasteiger partial charge in [0.1, 0.15) is 0 Å². The second-order valence-electron chi connectivity index (χ2n) is 4.56. The van der Waals surface area contributed by atoms with E-state index in [4.69, 9.17) is 4.74 Å². The van der Waals surface area contributed by atoms with Gasteiger partial charge in [0.15, 0.2) is 0 Å². The fourth-order valence-corrected chi connectivity index (χ4v) is 2.25. The molecule has 1 fully saturated rings. The van der Waals surface area contributed by atoms with E-state index >= 15 is 0 Å². The highest BCUT2D eigenvalue weighted by Crippen LogP contribution is 2.20. The van der Waals surface area contributed by atoms with Crippen LogP contribution in [-0.4, -0.2) is 23.8 Å². The lowest BCUT2D eigenvalue weighted by molar-refractivity contribution is 0.0602. The van der Waals surface area contributed by atoms with Crippen LogP contribution in [0.15, 0.2) is 18.3 Å². The molecule has 0 unspecified atom stereocenters. The maximum absolute atomic E-state index is 5.78. The van der Waals surface area contributed by atoms with Crippen molar-refractivity contribution in [3.63, 3.8) is 0 Å². The second-order valence-corrected chi connectivity index (χ2v) is 4.56. The summed E-state index contributed by atoms with van der Waals surface area (Å²) in [6, 6.07) is 4.22. The first-order valence-electron chi connectivity index (χ1n) is 6.29. The van der Waals surface area contributed by atoms with E-state index in [0.29, 0.717) is 6.10 Å². The minimum atomic E-state index is 0.539. The van der Waals surface area contributed by atoms with Crippen LogP contribution in [0.4, 0.5) is 0 Å². The Morgan fingerprint density at radius 2 is 2.25 bits per heavy atom. The Labute approximate surface area is 97.8 Å². The normalized spacial score (nSPS) is 17.1. The summed E-state index contributed by atoms with van der Waals surface area (Å²) >= 11 is 0. The molecule has 90 valence electrons. The molecule has 0 radical (unpaired) electrons. The van der Waals surface area contributed by atoms with Crippen LogP contribution in [0.2, 0.25) is 0 Å². The van der Waals surface area contributed by atoms with Crippen LogP contribution in [0.1, 0.15) is 31.4 Å². The van der Waals surface area contributed by atoms with Crippen molar-refractivity contribution in [3.05, 3.63) is 24.0 Å². The molecule has 0 spiro atoms. The molecule has 1 N–H and O–H groups in total. The first kappa shape index (κ1) is 11.7. The van der Waals surface area contributed by atoms with Gasteiger partial charge in [-0.15, -0.1) is 0 Å². The Hall–Kier alpha value is -0.800. The molecule has 2 rings (SSSR count). The predicted molar refractivity (Wildman–Crippen MR) is 65.3 cm³/mol. The van der Waals surface area contributed by atoms with E-state index in [1.165, 1.54) is 31.4 Å². The van der Waals surface area contributed by atoms with Gasteiger partial charge in [-0.3, -0.25) is 0 Å². The molecule has 1 aliphatic carbocycles. The molecule has 1 aliphatic rings. The molecule has 0 aliphatic heterocycles. The lowest BCUT2D eigenvalue weighted by atomic mass is 10.3. The maximum atomic E-state index is 5.78. The largest absolute Gasteiger partial charge is 0.377 e. The molecule has 1 aromatic rings. The molecule has 0 aromatic carbocycles. The lowest BCUT2D eigenvalue weighted by Crippen LogP contribution is -2.22. The smallest absolute Gasteiger partial charge is 0.0594 e. The van der Waals surface area contributed by atoms with Crippen LogP contribution < -0.4 is 5.32 Å². The number of nitrogens with zero attached hydrogens (tertiary/aromatic N) is 1. The molecule has 16 heavy (non-hydrogen) atoms. The van der Waals surface area contributed by atoms with Crippen molar-refractivity contribution >= 4 is 0 Å². The van der Waals surface area contributed by atoms with Gasteiger partial charge in [-0.1, -0.05) is 12.8 Å². The molecule has 0 bridgehead atoms. The molecular formula is C13H22N2O. The molecule has 0 atom stereocenters. The van der Waals surface area contributed by atoms with Crippen LogP contribution in [0.3, 0.4) is 0 Å². The third-order valence-corrected chi connectivity index (χ3v) is 3.29. The number of rotatable bonds is 6. The summed E-state index contributed by atoms with van der Waals surface area (Å²) in [5, 5.41) is 3.41. The van der Waals surface area contributed by atoms with E-state index in [1.54, 1.807) is 0 Å². The Balaban J connectivity index is 1.53. The highest BCUT2D eigenvalue weighted by molar-refractivity contribution is 5.05. The van der Waals surface area contributed by atoms with E-state index in [1.807, 2.05) is 0 Å². The van der Waals surface area contributed by atoms with Gasteiger partial charge in [0.2, 0.25) is 0 Å². The van der Waals surface area contributed by atoms with Crippen molar-refractivity contribution in [2.45, 2.75) is 38.3 Å². The van der Waals surface area contributed by atoms with Crippen molar-refractivity contribution in [2.75, 3.05) is 13.2 Å². The van der Waals surface area contributed by atoms with E-state index < -0.39 is 0 Å². The Bertz CT molecular complexity index is 303. The minimum absolute atomic E-state index is 0.539. The summed E-state index contributed by atoms with van der Waals surface area (Å²) in [7, 11) is 2.08. The monoisotopic (exact) mass is 222 g/mol. The van der Waals surface area contributed by atoms with Crippen molar-refractivity contribution in [3.8, 4) is 0 Å². The Kier molecular flexibility index (Phi) is 4.43. The summed E-state index contributed by atoms with van der Waals surface area (Å²) in [4.78, 5) is 0. The summed E-state index contributed by atoms with van der Waals surface area (Å²) in [6.07, 6.45) is 7.83. The lowest BCUT2D eigenvalue weighted by Gasteiger charge is -2.11. The molecule has 3 nitrogen and oxygen atoms in total. The summed E-state index contributed by atoms with van der Waals surface area (Å²) in [5.41, 5.74) is 1.32. The number of nitrogens with one attached hydrogen (secondary N) is 1. The molecule has 0 amide bonds. The van der Waals surface area contributed by atoms with Gasteiger partial charge < -0.3 is 14.6 Å². The highest BCUT2D eigenvalue weighted by atomic mass is 16.5. The van der Waals surface area contributed by atoms with Crippen LogP contribution in [-0.2, 0) is 18.3 Å². The van der Waals surface area contributed by atoms with Gasteiger partial charge in [0.25, 0.3) is 0 Å². The second kappa shape index (κ2) is 6.06. The molecule has 1 heterocycles. The summed E-state index contributed by atoms with van der Waals surface area (Å²) in [5.74, 6) is 0. The van der Waals surface area contributed by atoms with Crippen molar-refractivity contribution in [1.82, 2.24) is 9.88 Å². The molecule has 0 saturated heterocycles. The molecule has 3 heteroatoms. The van der Waals surface area contributed by atoms with Crippen LogP contribution in [0.25, 0.3) is 0 Å². The van der Waals surface area contributed by atoms with E-state index in [-0.39, 0.29) is 0 Å². The van der Waals surface area contributed by atoms with Gasteiger partial charge in [0, 0.05) is 32.0 Å². The highest BCUT2D eigenvalue weighted by Gasteiger charge is 2.14. The average molecular weight is 222 g/mol. The number of hydrogen-bond acceptors (Lipinski definition) is 2. The third-order valence-electron chi connectivity index (χ3n) is 3.29. The average Bonchev–Trinajstić information content (AvgIpc) is 2.90. The molecule has 1 aromatic heterocycles. The standard InChI is InChI=1S/C13H22N2O/c1-15-9-4-5-12(15)11-14-8-10-16-13-6-2-3-7-13/h4-5,9,13-14H,2-3,6-8,10-11H2,1H3. The van der Waals surface area contributed by atoms with Gasteiger partial charge >= 0.3 is 0 Å². The van der Waals surface area contributed by atoms with E-state index in [0.717, 1.165) is 19.7 Å². The first-order valence-corrected chi connectivity index (χ1v) is 6.29. The van der Waals surface area contributed by atoms with Crippen LogP contribution in [0, 0.1) is 0 Å². The van der Waals surface area contributed by atoms with Gasteiger partial charge in [-0.2, -0.15) is 0 Å². The van der Waals surface area contributed by atoms with E-state index in [9.17, 15) is 0 Å². The molecule has 1 saturated carbocycles. The first-order chi connectivity index (χ1) is 7.86. The van der Waals surface area contributed by atoms with Crippen LogP contribution in [0.5, 0.6) is 0 Å². The summed E-state index contributed by atoms with van der Waals surface area (Å²) < 4.78 is 7.93. The van der Waals surface area contributed by atoms with Gasteiger partial charge in [0.05, 0.1) is 12.7 Å². The maximum Gasteiger partial charge on any atom is 0.0594 e. The van der Waals surface area contributed by atoms with Crippen molar-refractivity contribution in [2.24, 2.45) is 7.05 Å². The third kappa shape index (κ3) is 3.35. The molecular weight excluding hydrogens is 200 g/mol. The van der Waals surface area contributed by atoms with Crippen molar-refractivity contribution in [1.29, 1.82) is 0 Å². The zero-order valence-corrected chi connectivity index (χ0v) is 10.1. The zero-order chi connectivity index (χ0) is 11.2. The SMILES string of the molecule is Cn1cccc1CNCCOC1CCCC1.